The van der Waals surface area contributed by atoms with E-state index in [1.807, 2.05) is 0 Å². The topological polar surface area (TPSA) is 9.23 Å². The van der Waals surface area contributed by atoms with Crippen molar-refractivity contribution in [2.45, 2.75) is 36.8 Å². The molecule has 15 heavy (non-hydrogen) atoms. The Morgan fingerprint density at radius 2 is 2.00 bits per heavy atom. The Labute approximate surface area is 97.8 Å². The molecule has 1 aliphatic heterocycles. The Morgan fingerprint density at radius 1 is 1.33 bits per heavy atom. The number of benzene rings is 1. The highest BCUT2D eigenvalue weighted by Crippen LogP contribution is 2.35. The van der Waals surface area contributed by atoms with E-state index < -0.39 is 0 Å². The van der Waals surface area contributed by atoms with Crippen molar-refractivity contribution in [2.24, 2.45) is 0 Å². The van der Waals surface area contributed by atoms with E-state index in [2.05, 4.69) is 22.9 Å². The van der Waals surface area contributed by atoms with E-state index in [1.54, 1.807) is 12.1 Å². The summed E-state index contributed by atoms with van der Waals surface area (Å²) in [7, 11) is 0. The van der Waals surface area contributed by atoms with Gasteiger partial charge in [0.25, 0.3) is 0 Å². The molecule has 1 fully saturated rings. The monoisotopic (exact) mass is 272 g/mol. The van der Waals surface area contributed by atoms with Crippen LogP contribution in [-0.4, -0.2) is 12.2 Å². The molecular weight excluding hydrogens is 259 g/mol. The van der Waals surface area contributed by atoms with Gasteiger partial charge in [0.1, 0.15) is 5.82 Å². The van der Waals surface area contributed by atoms with Gasteiger partial charge in [0, 0.05) is 0 Å². The van der Waals surface area contributed by atoms with Gasteiger partial charge in [-0.25, -0.2) is 4.39 Å². The third kappa shape index (κ3) is 2.58. The van der Waals surface area contributed by atoms with E-state index >= 15 is 0 Å². The molecule has 0 N–H and O–H groups in total. The maximum absolute atomic E-state index is 12.7. The van der Waals surface area contributed by atoms with Gasteiger partial charge in [-0.05, 0) is 37.5 Å². The van der Waals surface area contributed by atoms with Crippen LogP contribution >= 0.6 is 15.9 Å². The maximum atomic E-state index is 12.7. The minimum atomic E-state index is -0.195. The van der Waals surface area contributed by atoms with E-state index in [0.717, 1.165) is 18.4 Å². The first-order valence-electron chi connectivity index (χ1n) is 5.22. The molecule has 3 unspecified atom stereocenters. The molecule has 0 amide bonds. The fraction of sp³-hybridized carbons (Fsp3) is 0.500. The fourth-order valence-electron chi connectivity index (χ4n) is 1.91. The second-order valence-corrected chi connectivity index (χ2v) is 5.00. The summed E-state index contributed by atoms with van der Waals surface area (Å²) in [6.07, 6.45) is 2.73. The first-order valence-corrected chi connectivity index (χ1v) is 6.13. The Morgan fingerprint density at radius 3 is 2.53 bits per heavy atom. The Kier molecular flexibility index (Phi) is 3.42. The lowest BCUT2D eigenvalue weighted by Gasteiger charge is -2.18. The van der Waals surface area contributed by atoms with E-state index in [0.29, 0.717) is 6.10 Å². The predicted octanol–water partition coefficient (Wildman–Crippen LogP) is 3.83. The van der Waals surface area contributed by atoms with Gasteiger partial charge >= 0.3 is 0 Å². The van der Waals surface area contributed by atoms with Crippen LogP contribution in [0.25, 0.3) is 0 Å². The summed E-state index contributed by atoms with van der Waals surface area (Å²) in [5.41, 5.74) is 1.08. The zero-order valence-electron chi connectivity index (χ0n) is 8.62. The van der Waals surface area contributed by atoms with Gasteiger partial charge < -0.3 is 4.74 Å². The molecule has 1 aliphatic rings. The highest BCUT2D eigenvalue weighted by atomic mass is 79.9. The highest BCUT2D eigenvalue weighted by Gasteiger charge is 2.28. The summed E-state index contributed by atoms with van der Waals surface area (Å²) in [5.74, 6) is -0.195. The van der Waals surface area contributed by atoms with Crippen LogP contribution < -0.4 is 0 Å². The van der Waals surface area contributed by atoms with Crippen molar-refractivity contribution >= 4 is 15.9 Å². The lowest BCUT2D eigenvalue weighted by molar-refractivity contribution is 0.0557. The fourth-order valence-corrected chi connectivity index (χ4v) is 2.60. The minimum absolute atomic E-state index is 0.169. The summed E-state index contributed by atoms with van der Waals surface area (Å²) < 4.78 is 18.5. The van der Waals surface area contributed by atoms with Crippen LogP contribution in [0.5, 0.6) is 0 Å². The van der Waals surface area contributed by atoms with Gasteiger partial charge in [-0.2, -0.15) is 0 Å². The number of hydrogen-bond acceptors (Lipinski definition) is 1. The van der Waals surface area contributed by atoms with Crippen molar-refractivity contribution in [2.75, 3.05) is 0 Å². The van der Waals surface area contributed by atoms with Crippen LogP contribution in [-0.2, 0) is 4.74 Å². The molecule has 1 nitrogen and oxygen atoms in total. The number of rotatable bonds is 2. The van der Waals surface area contributed by atoms with E-state index in [1.165, 1.54) is 12.1 Å². The van der Waals surface area contributed by atoms with Crippen molar-refractivity contribution in [1.29, 1.82) is 0 Å². The molecule has 3 heteroatoms. The van der Waals surface area contributed by atoms with Crippen LogP contribution in [0.1, 0.15) is 30.2 Å². The molecule has 1 saturated heterocycles. The first kappa shape index (κ1) is 11.1. The quantitative estimate of drug-likeness (QED) is 0.744. The molecule has 1 heterocycles. The Balaban J connectivity index is 2.07. The van der Waals surface area contributed by atoms with Crippen molar-refractivity contribution in [3.63, 3.8) is 0 Å². The Bertz CT molecular complexity index is 325. The molecule has 0 bridgehead atoms. The average Bonchev–Trinajstić information content (AvgIpc) is 2.65. The smallest absolute Gasteiger partial charge is 0.123 e. The molecule has 0 radical (unpaired) electrons. The molecule has 0 aromatic heterocycles. The zero-order valence-corrected chi connectivity index (χ0v) is 10.2. The Hall–Kier alpha value is -0.410. The molecule has 0 spiro atoms. The number of hydrogen-bond donors (Lipinski definition) is 0. The molecule has 3 atom stereocenters. The van der Waals surface area contributed by atoms with Crippen molar-refractivity contribution < 1.29 is 9.13 Å². The van der Waals surface area contributed by atoms with Gasteiger partial charge in [0.15, 0.2) is 0 Å². The third-order valence-electron chi connectivity index (χ3n) is 2.78. The number of ether oxygens (including phenoxy) is 1. The number of halogens is 2. The third-order valence-corrected chi connectivity index (χ3v) is 3.90. The van der Waals surface area contributed by atoms with E-state index in [9.17, 15) is 4.39 Å². The molecule has 0 saturated carbocycles. The van der Waals surface area contributed by atoms with Crippen molar-refractivity contribution in [1.82, 2.24) is 0 Å². The van der Waals surface area contributed by atoms with Crippen LogP contribution in [0.2, 0.25) is 0 Å². The largest absolute Gasteiger partial charge is 0.374 e. The molecule has 1 aromatic rings. The van der Waals surface area contributed by atoms with Gasteiger partial charge in [0.2, 0.25) is 0 Å². The molecule has 82 valence electrons. The molecule has 1 aromatic carbocycles. The molecule has 2 rings (SSSR count). The standard InChI is InChI=1S/C12H14BrFO/c1-8-2-7-11(15-8)12(13)9-3-5-10(14)6-4-9/h3-6,8,11-12H,2,7H2,1H3. The summed E-state index contributed by atoms with van der Waals surface area (Å²) in [6, 6.07) is 6.59. The van der Waals surface area contributed by atoms with E-state index in [-0.39, 0.29) is 16.7 Å². The van der Waals surface area contributed by atoms with Crippen molar-refractivity contribution in [3.05, 3.63) is 35.6 Å². The van der Waals surface area contributed by atoms with Crippen LogP contribution in [0.3, 0.4) is 0 Å². The normalized spacial score (nSPS) is 27.9. The summed E-state index contributed by atoms with van der Waals surface area (Å²) in [4.78, 5) is 0.169. The van der Waals surface area contributed by atoms with Gasteiger partial charge in [-0.3, -0.25) is 0 Å². The van der Waals surface area contributed by atoms with Crippen LogP contribution in [0.4, 0.5) is 4.39 Å². The molecule has 0 aliphatic carbocycles. The summed E-state index contributed by atoms with van der Waals surface area (Å²) in [5, 5.41) is 0. The number of alkyl halides is 1. The molecular formula is C12H14BrFO. The second kappa shape index (κ2) is 4.62. The highest BCUT2D eigenvalue weighted by molar-refractivity contribution is 9.09. The lowest BCUT2D eigenvalue weighted by atomic mass is 10.1. The van der Waals surface area contributed by atoms with Crippen molar-refractivity contribution in [3.8, 4) is 0 Å². The minimum Gasteiger partial charge on any atom is -0.374 e. The lowest BCUT2D eigenvalue weighted by Crippen LogP contribution is -2.14. The van der Waals surface area contributed by atoms with Crippen LogP contribution in [0, 0.1) is 5.82 Å². The summed E-state index contributed by atoms with van der Waals surface area (Å²) in [6.45, 7) is 2.09. The van der Waals surface area contributed by atoms with Gasteiger partial charge in [-0.1, -0.05) is 28.1 Å². The average molecular weight is 273 g/mol. The zero-order chi connectivity index (χ0) is 10.8. The predicted molar refractivity (Wildman–Crippen MR) is 61.6 cm³/mol. The van der Waals surface area contributed by atoms with Gasteiger partial charge in [-0.15, -0.1) is 0 Å². The second-order valence-electron chi connectivity index (χ2n) is 4.02. The van der Waals surface area contributed by atoms with E-state index in [4.69, 9.17) is 4.74 Å². The van der Waals surface area contributed by atoms with Gasteiger partial charge in [0.05, 0.1) is 17.0 Å². The first-order chi connectivity index (χ1) is 7.16. The SMILES string of the molecule is CC1CCC(C(Br)c2ccc(F)cc2)O1. The summed E-state index contributed by atoms with van der Waals surface area (Å²) >= 11 is 3.62. The van der Waals surface area contributed by atoms with Crippen LogP contribution in [0.15, 0.2) is 24.3 Å². The maximum Gasteiger partial charge on any atom is 0.123 e.